The van der Waals surface area contributed by atoms with Gasteiger partial charge in [-0.25, -0.2) is 0 Å². The first kappa shape index (κ1) is 8.15. The first-order valence-electron chi connectivity index (χ1n) is 3.12. The quantitative estimate of drug-likeness (QED) is 0.404. The van der Waals surface area contributed by atoms with Gasteiger partial charge >= 0.3 is 0 Å². The van der Waals surface area contributed by atoms with Crippen molar-refractivity contribution in [1.29, 1.82) is 0 Å². The van der Waals surface area contributed by atoms with Crippen LogP contribution in [-0.2, 0) is 0 Å². The van der Waals surface area contributed by atoms with Crippen molar-refractivity contribution in [3.63, 3.8) is 0 Å². The summed E-state index contributed by atoms with van der Waals surface area (Å²) in [4.78, 5) is 4.10. The van der Waals surface area contributed by atoms with Crippen LogP contribution in [0.1, 0.15) is 20.3 Å². The van der Waals surface area contributed by atoms with Gasteiger partial charge in [0, 0.05) is 11.9 Å². The zero-order chi connectivity index (χ0) is 7.11. The Balaban J connectivity index is 3.67. The van der Waals surface area contributed by atoms with Crippen molar-refractivity contribution < 1.29 is 0 Å². The zero-order valence-corrected chi connectivity index (χ0v) is 6.09. The van der Waals surface area contributed by atoms with Gasteiger partial charge in [-0.1, -0.05) is 19.6 Å². The monoisotopic (exact) mass is 123 g/mol. The Hall–Kier alpha value is -0.850. The van der Waals surface area contributed by atoms with Crippen molar-refractivity contribution in [2.24, 2.45) is 4.99 Å². The van der Waals surface area contributed by atoms with Crippen LogP contribution in [-0.4, -0.2) is 5.71 Å². The summed E-state index contributed by atoms with van der Waals surface area (Å²) in [5.74, 6) is 0. The van der Waals surface area contributed by atoms with Gasteiger partial charge in [0.2, 0.25) is 0 Å². The van der Waals surface area contributed by atoms with Crippen molar-refractivity contribution in [1.82, 2.24) is 0 Å². The molecule has 0 aromatic rings. The van der Waals surface area contributed by atoms with E-state index in [0.717, 1.165) is 12.1 Å². The third-order valence-electron chi connectivity index (χ3n) is 1.03. The number of hydrogen-bond acceptors (Lipinski definition) is 1. The second kappa shape index (κ2) is 5.29. The molecule has 1 heteroatoms. The molecule has 0 saturated heterocycles. The van der Waals surface area contributed by atoms with E-state index in [4.69, 9.17) is 0 Å². The summed E-state index contributed by atoms with van der Waals surface area (Å²) < 4.78 is 0. The van der Waals surface area contributed by atoms with E-state index in [1.165, 1.54) is 0 Å². The maximum Gasteiger partial charge on any atom is 0.0266 e. The molecule has 0 aromatic carbocycles. The van der Waals surface area contributed by atoms with Crippen molar-refractivity contribution in [2.45, 2.75) is 20.3 Å². The molecule has 0 N–H and O–H groups in total. The van der Waals surface area contributed by atoms with Crippen LogP contribution in [0.3, 0.4) is 0 Å². The topological polar surface area (TPSA) is 12.4 Å². The van der Waals surface area contributed by atoms with E-state index < -0.39 is 0 Å². The second-order valence-electron chi connectivity index (χ2n) is 1.80. The van der Waals surface area contributed by atoms with E-state index in [0.29, 0.717) is 0 Å². The van der Waals surface area contributed by atoms with Gasteiger partial charge in [-0.3, -0.25) is 4.99 Å². The second-order valence-corrected chi connectivity index (χ2v) is 1.80. The van der Waals surface area contributed by atoms with Gasteiger partial charge in [-0.15, -0.1) is 0 Å². The fourth-order valence-corrected chi connectivity index (χ4v) is 0.322. The van der Waals surface area contributed by atoms with Crippen LogP contribution in [0, 0.1) is 0 Å². The Morgan fingerprint density at radius 2 is 2.33 bits per heavy atom. The molecule has 0 aromatic heterocycles. The molecule has 0 rings (SSSR count). The van der Waals surface area contributed by atoms with E-state index in [1.54, 1.807) is 12.3 Å². The van der Waals surface area contributed by atoms with Crippen LogP contribution in [0.15, 0.2) is 29.9 Å². The van der Waals surface area contributed by atoms with Crippen LogP contribution < -0.4 is 0 Å². The molecule has 0 saturated carbocycles. The lowest BCUT2D eigenvalue weighted by molar-refractivity contribution is 1.25. The third-order valence-corrected chi connectivity index (χ3v) is 1.03. The Labute approximate surface area is 56.8 Å². The molecule has 0 radical (unpaired) electrons. The summed E-state index contributed by atoms with van der Waals surface area (Å²) in [6.07, 6.45) is 6.30. The van der Waals surface area contributed by atoms with Gasteiger partial charge in [0.05, 0.1) is 0 Å². The fourth-order valence-electron chi connectivity index (χ4n) is 0.322. The highest BCUT2D eigenvalue weighted by atomic mass is 14.7. The van der Waals surface area contributed by atoms with Gasteiger partial charge in [-0.05, 0) is 19.4 Å². The molecule has 1 nitrogen and oxygen atoms in total. The minimum atomic E-state index is 1.02. The van der Waals surface area contributed by atoms with Crippen LogP contribution in [0.4, 0.5) is 0 Å². The summed E-state index contributed by atoms with van der Waals surface area (Å²) in [6, 6.07) is 0. The maximum absolute atomic E-state index is 4.10. The highest BCUT2D eigenvalue weighted by Gasteiger charge is 1.77. The minimum Gasteiger partial charge on any atom is -0.266 e. The van der Waals surface area contributed by atoms with Crippen LogP contribution >= 0.6 is 0 Å². The Morgan fingerprint density at radius 3 is 2.78 bits per heavy atom. The lowest BCUT2D eigenvalue weighted by Gasteiger charge is -1.86. The largest absolute Gasteiger partial charge is 0.266 e. The lowest BCUT2D eigenvalue weighted by Crippen LogP contribution is -1.83. The normalized spacial score (nSPS) is 12.4. The minimum absolute atomic E-state index is 1.02. The lowest BCUT2D eigenvalue weighted by atomic mass is 10.3. The van der Waals surface area contributed by atoms with E-state index in [1.807, 2.05) is 13.0 Å². The van der Waals surface area contributed by atoms with Crippen molar-refractivity contribution in [3.05, 3.63) is 24.9 Å². The molecule has 50 valence electrons. The predicted octanol–water partition coefficient (Wildman–Crippen LogP) is 2.56. The molecule has 0 aliphatic carbocycles. The number of hydrogen-bond donors (Lipinski definition) is 0. The molecular weight excluding hydrogens is 110 g/mol. The molecule has 0 atom stereocenters. The molecular formula is C8H13N. The molecule has 0 spiro atoms. The van der Waals surface area contributed by atoms with Crippen LogP contribution in [0.25, 0.3) is 0 Å². The Kier molecular flexibility index (Phi) is 4.79. The zero-order valence-electron chi connectivity index (χ0n) is 6.09. The van der Waals surface area contributed by atoms with Gasteiger partial charge in [0.25, 0.3) is 0 Å². The number of nitrogens with zero attached hydrogens (tertiary/aromatic N) is 1. The number of rotatable bonds is 3. The molecule has 0 amide bonds. The first-order valence-corrected chi connectivity index (χ1v) is 3.12. The third kappa shape index (κ3) is 5.01. The summed E-state index contributed by atoms with van der Waals surface area (Å²) in [6.45, 7) is 7.62. The Morgan fingerprint density at radius 1 is 1.67 bits per heavy atom. The van der Waals surface area contributed by atoms with Gasteiger partial charge < -0.3 is 0 Å². The molecule has 0 heterocycles. The SMILES string of the molecule is C=CC=CN=C(C)CC. The molecule has 0 aliphatic rings. The average Bonchev–Trinajstić information content (AvgIpc) is 1.89. The van der Waals surface area contributed by atoms with Crippen LogP contribution in [0.2, 0.25) is 0 Å². The van der Waals surface area contributed by atoms with Crippen LogP contribution in [0.5, 0.6) is 0 Å². The standard InChI is InChI=1S/C8H13N/c1-4-6-7-9-8(3)5-2/h4,6-7H,1,5H2,2-3H3. The maximum atomic E-state index is 4.10. The molecule has 0 fully saturated rings. The predicted molar refractivity (Wildman–Crippen MR) is 42.7 cm³/mol. The summed E-state index contributed by atoms with van der Waals surface area (Å²) in [5, 5.41) is 0. The number of aliphatic imine (C=N–C) groups is 1. The fraction of sp³-hybridized carbons (Fsp3) is 0.375. The van der Waals surface area contributed by atoms with E-state index in [2.05, 4.69) is 18.5 Å². The molecule has 0 aliphatic heterocycles. The molecule has 0 bridgehead atoms. The van der Waals surface area contributed by atoms with Crippen molar-refractivity contribution >= 4 is 5.71 Å². The van der Waals surface area contributed by atoms with Gasteiger partial charge in [0.15, 0.2) is 0 Å². The van der Waals surface area contributed by atoms with E-state index >= 15 is 0 Å². The van der Waals surface area contributed by atoms with Gasteiger partial charge in [0.1, 0.15) is 0 Å². The Bertz CT molecular complexity index is 132. The smallest absolute Gasteiger partial charge is 0.0266 e. The average molecular weight is 123 g/mol. The van der Waals surface area contributed by atoms with E-state index in [-0.39, 0.29) is 0 Å². The molecule has 0 unspecified atom stereocenters. The highest BCUT2D eigenvalue weighted by molar-refractivity contribution is 5.82. The van der Waals surface area contributed by atoms with Gasteiger partial charge in [-0.2, -0.15) is 0 Å². The first-order chi connectivity index (χ1) is 4.31. The summed E-state index contributed by atoms with van der Waals surface area (Å²) in [7, 11) is 0. The van der Waals surface area contributed by atoms with E-state index in [9.17, 15) is 0 Å². The number of allylic oxidation sites excluding steroid dienone is 2. The highest BCUT2D eigenvalue weighted by Crippen LogP contribution is 1.85. The van der Waals surface area contributed by atoms with Crippen molar-refractivity contribution in [2.75, 3.05) is 0 Å². The summed E-state index contributed by atoms with van der Waals surface area (Å²) >= 11 is 0. The molecule has 9 heavy (non-hydrogen) atoms. The van der Waals surface area contributed by atoms with Crippen molar-refractivity contribution in [3.8, 4) is 0 Å². The summed E-state index contributed by atoms with van der Waals surface area (Å²) in [5.41, 5.74) is 1.15.